The lowest BCUT2D eigenvalue weighted by molar-refractivity contribution is 0.102. The molecule has 1 aliphatic heterocycles. The third-order valence-corrected chi connectivity index (χ3v) is 7.30. The van der Waals surface area contributed by atoms with Crippen molar-refractivity contribution in [3.63, 3.8) is 0 Å². The predicted molar refractivity (Wildman–Crippen MR) is 150 cm³/mol. The second-order valence-electron chi connectivity index (χ2n) is 10.0. The van der Waals surface area contributed by atoms with Crippen LogP contribution in [-0.2, 0) is 6.54 Å². The average Bonchev–Trinajstić information content (AvgIpc) is 3.51. The minimum Gasteiger partial charge on any atom is -0.378 e. The van der Waals surface area contributed by atoms with Crippen molar-refractivity contribution in [3.05, 3.63) is 70.6 Å². The number of likely N-dealkylation sites (N-methyl/N-ethyl adjacent to an activating group) is 1. The van der Waals surface area contributed by atoms with Crippen LogP contribution in [-0.4, -0.2) is 69.6 Å². The molecule has 1 saturated heterocycles. The molecule has 5 rings (SSSR count). The number of carbonyl (C=O) groups is 1. The second kappa shape index (κ2) is 10.5. The Morgan fingerprint density at radius 2 is 1.86 bits per heavy atom. The van der Waals surface area contributed by atoms with E-state index in [2.05, 4.69) is 56.1 Å². The van der Waals surface area contributed by atoms with Crippen LogP contribution in [0.1, 0.15) is 34.6 Å². The molecule has 37 heavy (non-hydrogen) atoms. The van der Waals surface area contributed by atoms with Crippen molar-refractivity contribution in [1.29, 1.82) is 0 Å². The van der Waals surface area contributed by atoms with Crippen LogP contribution in [0.25, 0.3) is 21.7 Å². The highest BCUT2D eigenvalue weighted by molar-refractivity contribution is 7.15. The Morgan fingerprint density at radius 1 is 1.11 bits per heavy atom. The Hall–Kier alpha value is -3.48. The van der Waals surface area contributed by atoms with E-state index in [9.17, 15) is 9.90 Å². The molecule has 0 saturated carbocycles. The molecule has 0 unspecified atom stereocenters. The number of aromatic amines is 1. The van der Waals surface area contributed by atoms with Crippen molar-refractivity contribution in [2.45, 2.75) is 26.0 Å². The number of rotatable bonds is 5. The topological polar surface area (TPSA) is 84.5 Å². The fourth-order valence-electron chi connectivity index (χ4n) is 4.18. The summed E-state index contributed by atoms with van der Waals surface area (Å²) >= 11 is 1.50. The van der Waals surface area contributed by atoms with Crippen molar-refractivity contribution in [2.24, 2.45) is 0 Å². The number of hydrogen-bond donors (Lipinski definition) is 3. The standard InChI is InChI=1S/C29H31N5O2S/c1-29(2,36)13-12-23-9-11-26(37-23)27-31-24-10-6-21(18-25(24)32-27)28(35)30-22-7-4-20(5-8-22)19-34-16-14-33(3)15-17-34/h4-11,18,36H,14-17,19H2,1-3H3,(H,30,35)(H,31,32). The number of hydrogen-bond acceptors (Lipinski definition) is 6. The lowest BCUT2D eigenvalue weighted by atomic mass is 10.1. The van der Waals surface area contributed by atoms with E-state index in [1.807, 2.05) is 36.4 Å². The number of nitrogens with zero attached hydrogens (tertiary/aromatic N) is 3. The molecule has 0 aliphatic carbocycles. The fourth-order valence-corrected chi connectivity index (χ4v) is 4.98. The van der Waals surface area contributed by atoms with Crippen molar-refractivity contribution in [3.8, 4) is 22.5 Å². The lowest BCUT2D eigenvalue weighted by Gasteiger charge is -2.32. The summed E-state index contributed by atoms with van der Waals surface area (Å²) in [5.41, 5.74) is 3.13. The first-order valence-electron chi connectivity index (χ1n) is 12.4. The van der Waals surface area contributed by atoms with Gasteiger partial charge in [-0.1, -0.05) is 24.0 Å². The molecule has 190 valence electrons. The van der Waals surface area contributed by atoms with Gasteiger partial charge in [0, 0.05) is 44.0 Å². The van der Waals surface area contributed by atoms with Gasteiger partial charge in [-0.2, -0.15) is 0 Å². The molecule has 7 nitrogen and oxygen atoms in total. The third-order valence-electron chi connectivity index (χ3n) is 6.29. The first-order chi connectivity index (χ1) is 17.7. The molecule has 1 fully saturated rings. The van der Waals surface area contributed by atoms with Gasteiger partial charge >= 0.3 is 0 Å². The molecule has 2 aromatic carbocycles. The monoisotopic (exact) mass is 513 g/mol. The maximum absolute atomic E-state index is 12.9. The summed E-state index contributed by atoms with van der Waals surface area (Å²) in [6.07, 6.45) is 0. The van der Waals surface area contributed by atoms with E-state index in [0.717, 1.165) is 65.0 Å². The van der Waals surface area contributed by atoms with Crippen LogP contribution in [0.4, 0.5) is 5.69 Å². The average molecular weight is 514 g/mol. The highest BCUT2D eigenvalue weighted by Gasteiger charge is 2.15. The molecular weight excluding hydrogens is 482 g/mol. The number of amides is 1. The second-order valence-corrected chi connectivity index (χ2v) is 11.1. The largest absolute Gasteiger partial charge is 0.378 e. The van der Waals surface area contributed by atoms with Gasteiger partial charge in [-0.25, -0.2) is 4.98 Å². The fraction of sp³-hybridized carbons (Fsp3) is 0.310. The summed E-state index contributed by atoms with van der Waals surface area (Å²) < 4.78 is 0. The van der Waals surface area contributed by atoms with Crippen LogP contribution >= 0.6 is 11.3 Å². The molecule has 0 radical (unpaired) electrons. The van der Waals surface area contributed by atoms with Gasteiger partial charge in [0.05, 0.1) is 20.8 Å². The number of H-pyrrole nitrogens is 1. The maximum atomic E-state index is 12.9. The van der Waals surface area contributed by atoms with Crippen LogP contribution in [0.5, 0.6) is 0 Å². The van der Waals surface area contributed by atoms with Crippen LogP contribution in [0.3, 0.4) is 0 Å². The first kappa shape index (κ1) is 25.2. The van der Waals surface area contributed by atoms with Gasteiger partial charge in [0.1, 0.15) is 11.4 Å². The molecule has 3 heterocycles. The van der Waals surface area contributed by atoms with Gasteiger partial charge in [0.15, 0.2) is 0 Å². The summed E-state index contributed by atoms with van der Waals surface area (Å²) in [6, 6.07) is 17.4. The van der Waals surface area contributed by atoms with Gasteiger partial charge in [-0.3, -0.25) is 9.69 Å². The van der Waals surface area contributed by atoms with E-state index in [1.165, 1.54) is 16.9 Å². The van der Waals surface area contributed by atoms with Crippen molar-refractivity contribution >= 4 is 34.0 Å². The normalized spacial score (nSPS) is 14.9. The van der Waals surface area contributed by atoms with E-state index in [1.54, 1.807) is 19.9 Å². The Morgan fingerprint density at radius 3 is 2.59 bits per heavy atom. The Bertz CT molecular complexity index is 1460. The smallest absolute Gasteiger partial charge is 0.255 e. The number of nitrogens with one attached hydrogen (secondary N) is 2. The number of anilines is 1. The number of piperazine rings is 1. The highest BCUT2D eigenvalue weighted by atomic mass is 32.1. The summed E-state index contributed by atoms with van der Waals surface area (Å²) in [6.45, 7) is 8.61. The SMILES string of the molecule is CN1CCN(Cc2ccc(NC(=O)c3ccc4nc(-c5ccc(C#CC(C)(C)O)s5)[nH]c4c3)cc2)CC1. The van der Waals surface area contributed by atoms with Crippen LogP contribution in [0.2, 0.25) is 0 Å². The zero-order valence-electron chi connectivity index (χ0n) is 21.3. The zero-order chi connectivity index (χ0) is 26.0. The van der Waals surface area contributed by atoms with Crippen LogP contribution in [0, 0.1) is 11.8 Å². The number of carbonyl (C=O) groups excluding carboxylic acids is 1. The first-order valence-corrected chi connectivity index (χ1v) is 13.2. The van der Waals surface area contributed by atoms with Crippen LogP contribution in [0.15, 0.2) is 54.6 Å². The minimum atomic E-state index is -1.03. The molecule has 0 atom stereocenters. The maximum Gasteiger partial charge on any atom is 0.255 e. The molecule has 0 spiro atoms. The van der Waals surface area contributed by atoms with E-state index in [-0.39, 0.29) is 5.91 Å². The van der Waals surface area contributed by atoms with E-state index in [0.29, 0.717) is 5.56 Å². The molecule has 4 aromatic rings. The molecular formula is C29H31N5O2S. The van der Waals surface area contributed by atoms with Gasteiger partial charge in [0.25, 0.3) is 5.91 Å². The third kappa shape index (κ3) is 6.45. The number of benzene rings is 2. The number of aromatic nitrogens is 2. The number of thiophene rings is 1. The highest BCUT2D eigenvalue weighted by Crippen LogP contribution is 2.28. The lowest BCUT2D eigenvalue weighted by Crippen LogP contribution is -2.43. The Labute approximate surface area is 221 Å². The van der Waals surface area contributed by atoms with Gasteiger partial charge in [-0.05, 0) is 68.9 Å². The van der Waals surface area contributed by atoms with Gasteiger partial charge < -0.3 is 20.3 Å². The minimum absolute atomic E-state index is 0.162. The van der Waals surface area contributed by atoms with Crippen LogP contribution < -0.4 is 5.32 Å². The van der Waals surface area contributed by atoms with Crippen molar-refractivity contribution in [2.75, 3.05) is 38.5 Å². The summed E-state index contributed by atoms with van der Waals surface area (Å²) in [5, 5.41) is 12.8. The quantitative estimate of drug-likeness (QED) is 0.344. The molecule has 0 bridgehead atoms. The van der Waals surface area contributed by atoms with Gasteiger partial charge in [-0.15, -0.1) is 11.3 Å². The number of imidazole rings is 1. The molecule has 1 amide bonds. The predicted octanol–water partition coefficient (Wildman–Crippen LogP) is 4.41. The Kier molecular flexibility index (Phi) is 7.13. The summed E-state index contributed by atoms with van der Waals surface area (Å²) in [7, 11) is 2.16. The van der Waals surface area contributed by atoms with E-state index >= 15 is 0 Å². The van der Waals surface area contributed by atoms with E-state index in [4.69, 9.17) is 0 Å². The molecule has 8 heteroatoms. The summed E-state index contributed by atoms with van der Waals surface area (Å²) in [4.78, 5) is 27.5. The van der Waals surface area contributed by atoms with Crippen molar-refractivity contribution in [1.82, 2.24) is 19.8 Å². The van der Waals surface area contributed by atoms with E-state index < -0.39 is 5.60 Å². The van der Waals surface area contributed by atoms with Crippen molar-refractivity contribution < 1.29 is 9.90 Å². The number of aliphatic hydroxyl groups is 1. The zero-order valence-corrected chi connectivity index (χ0v) is 22.2. The Balaban J connectivity index is 1.24. The molecule has 1 aliphatic rings. The molecule has 2 aromatic heterocycles. The summed E-state index contributed by atoms with van der Waals surface area (Å²) in [5.74, 6) is 6.39. The molecule has 3 N–H and O–H groups in total. The van der Waals surface area contributed by atoms with Gasteiger partial charge in [0.2, 0.25) is 0 Å². The number of fused-ring (bicyclic) bond motifs is 1.